The first-order valence-corrected chi connectivity index (χ1v) is 10.3. The number of ether oxygens (including phenoxy) is 2. The van der Waals surface area contributed by atoms with Crippen molar-refractivity contribution in [3.8, 4) is 5.75 Å². The summed E-state index contributed by atoms with van der Waals surface area (Å²) < 4.78 is 35.4. The van der Waals surface area contributed by atoms with Gasteiger partial charge in [0.2, 0.25) is 0 Å². The summed E-state index contributed by atoms with van der Waals surface area (Å²) in [6.07, 6.45) is 0. The maximum atomic E-state index is 12.7. The minimum atomic E-state index is -3.70. The van der Waals surface area contributed by atoms with E-state index in [1.807, 2.05) is 0 Å². The number of esters is 1. The molecule has 8 heteroatoms. The fraction of sp³-hybridized carbons (Fsp3) is 0.222. The van der Waals surface area contributed by atoms with Crippen molar-refractivity contribution in [2.24, 2.45) is 0 Å². The Morgan fingerprint density at radius 1 is 1.04 bits per heavy atom. The van der Waals surface area contributed by atoms with E-state index < -0.39 is 21.6 Å². The van der Waals surface area contributed by atoms with E-state index in [4.69, 9.17) is 9.47 Å². The number of carbonyl (C=O) groups is 2. The molecule has 0 saturated carbocycles. The van der Waals surface area contributed by atoms with Gasteiger partial charge in [-0.15, -0.1) is 0 Å². The highest BCUT2D eigenvalue weighted by molar-refractivity contribution is 9.09. The molecule has 0 fully saturated rings. The highest BCUT2D eigenvalue weighted by Gasteiger charge is 2.27. The number of ketones is 1. The summed E-state index contributed by atoms with van der Waals surface area (Å²) in [6, 6.07) is 10.8. The number of halogens is 1. The fourth-order valence-corrected chi connectivity index (χ4v) is 4.18. The molecule has 0 saturated heterocycles. The Bertz CT molecular complexity index is 922. The molecule has 6 nitrogen and oxygen atoms in total. The summed E-state index contributed by atoms with van der Waals surface area (Å²) in [5, 5.41) is 0.0334. The van der Waals surface area contributed by atoms with Crippen LogP contribution in [0.25, 0.3) is 0 Å². The molecule has 0 bridgehead atoms. The first-order chi connectivity index (χ1) is 12.4. The quantitative estimate of drug-likeness (QED) is 0.373. The zero-order valence-electron chi connectivity index (χ0n) is 14.2. The normalized spacial score (nSPS) is 11.0. The van der Waals surface area contributed by atoms with Crippen LogP contribution in [0, 0.1) is 0 Å². The Morgan fingerprint density at radius 3 is 2.23 bits per heavy atom. The highest BCUT2D eigenvalue weighted by Crippen LogP contribution is 2.31. The molecule has 2 aromatic rings. The van der Waals surface area contributed by atoms with Crippen LogP contribution in [-0.2, 0) is 20.3 Å². The van der Waals surface area contributed by atoms with Gasteiger partial charge in [-0.25, -0.2) is 13.2 Å². The number of alkyl halides is 1. The lowest BCUT2D eigenvalue weighted by Gasteiger charge is -2.15. The molecule has 0 atom stereocenters. The van der Waals surface area contributed by atoms with E-state index in [0.717, 1.165) is 0 Å². The molecule has 138 valence electrons. The molecule has 0 unspecified atom stereocenters. The van der Waals surface area contributed by atoms with Crippen molar-refractivity contribution in [3.63, 3.8) is 0 Å². The van der Waals surface area contributed by atoms with E-state index >= 15 is 0 Å². The summed E-state index contributed by atoms with van der Waals surface area (Å²) >= 11 is 3.07. The van der Waals surface area contributed by atoms with Gasteiger partial charge in [0.05, 0.1) is 35.8 Å². The maximum absolute atomic E-state index is 12.7. The van der Waals surface area contributed by atoms with Crippen LogP contribution in [-0.4, -0.2) is 39.7 Å². The van der Waals surface area contributed by atoms with E-state index in [1.54, 1.807) is 18.2 Å². The van der Waals surface area contributed by atoms with Crippen LogP contribution in [0.2, 0.25) is 0 Å². The second-order valence-electron chi connectivity index (χ2n) is 5.30. The smallest absolute Gasteiger partial charge is 0.341 e. The topological polar surface area (TPSA) is 86.7 Å². The zero-order valence-corrected chi connectivity index (χ0v) is 16.6. The van der Waals surface area contributed by atoms with Crippen LogP contribution in [0.1, 0.15) is 26.3 Å². The van der Waals surface area contributed by atoms with Gasteiger partial charge >= 0.3 is 5.97 Å². The number of hydrogen-bond acceptors (Lipinski definition) is 6. The Morgan fingerprint density at radius 2 is 1.69 bits per heavy atom. The van der Waals surface area contributed by atoms with Crippen molar-refractivity contribution < 1.29 is 27.5 Å². The van der Waals surface area contributed by atoms with E-state index in [1.165, 1.54) is 38.5 Å². The van der Waals surface area contributed by atoms with Gasteiger partial charge in [-0.2, -0.15) is 0 Å². The van der Waals surface area contributed by atoms with Crippen molar-refractivity contribution in [1.29, 1.82) is 0 Å². The summed E-state index contributed by atoms with van der Waals surface area (Å²) in [5.41, 5.74) is 0.301. The van der Waals surface area contributed by atoms with Crippen LogP contribution < -0.4 is 4.74 Å². The first kappa shape index (κ1) is 20.1. The van der Waals surface area contributed by atoms with Crippen LogP contribution in [0.3, 0.4) is 0 Å². The average molecular weight is 441 g/mol. The Labute approximate surface area is 160 Å². The molecular formula is C18H17BrO6S. The maximum Gasteiger partial charge on any atom is 0.341 e. The summed E-state index contributed by atoms with van der Waals surface area (Å²) in [4.78, 5) is 24.5. The number of hydrogen-bond donors (Lipinski definition) is 0. The van der Waals surface area contributed by atoms with Crippen molar-refractivity contribution in [2.75, 3.05) is 19.5 Å². The second-order valence-corrected chi connectivity index (χ2v) is 7.85. The van der Waals surface area contributed by atoms with Crippen molar-refractivity contribution in [2.45, 2.75) is 10.6 Å². The van der Waals surface area contributed by atoms with Gasteiger partial charge in [0, 0.05) is 0 Å². The molecule has 0 aliphatic heterocycles. The molecule has 2 rings (SSSR count). The number of carbonyl (C=O) groups excluding carboxylic acids is 2. The molecule has 0 aliphatic carbocycles. The van der Waals surface area contributed by atoms with Crippen molar-refractivity contribution >= 4 is 37.5 Å². The third-order valence-electron chi connectivity index (χ3n) is 3.71. The monoisotopic (exact) mass is 440 g/mol. The van der Waals surface area contributed by atoms with Gasteiger partial charge in [0.1, 0.15) is 11.3 Å². The highest BCUT2D eigenvalue weighted by atomic mass is 79.9. The zero-order chi connectivity index (χ0) is 19.3. The van der Waals surface area contributed by atoms with Crippen molar-refractivity contribution in [1.82, 2.24) is 0 Å². The predicted octanol–water partition coefficient (Wildman–Crippen LogP) is 3.03. The Kier molecular flexibility index (Phi) is 6.55. The molecule has 0 radical (unpaired) electrons. The van der Waals surface area contributed by atoms with E-state index in [-0.39, 0.29) is 38.4 Å². The third kappa shape index (κ3) is 4.13. The van der Waals surface area contributed by atoms with Gasteiger partial charge < -0.3 is 9.47 Å². The van der Waals surface area contributed by atoms with E-state index in [2.05, 4.69) is 15.9 Å². The molecule has 0 aromatic heterocycles. The molecule has 0 heterocycles. The number of benzene rings is 2. The molecule has 26 heavy (non-hydrogen) atoms. The molecule has 0 spiro atoms. The molecule has 0 aliphatic rings. The lowest BCUT2D eigenvalue weighted by molar-refractivity contribution is 0.0596. The minimum absolute atomic E-state index is 0.00191. The lowest BCUT2D eigenvalue weighted by atomic mass is 10.0. The lowest BCUT2D eigenvalue weighted by Crippen LogP contribution is -2.15. The molecule has 0 N–H and O–H groups in total. The predicted molar refractivity (Wildman–Crippen MR) is 99.8 cm³/mol. The Hall–Kier alpha value is -2.19. The fourth-order valence-electron chi connectivity index (χ4n) is 2.49. The van der Waals surface area contributed by atoms with Gasteiger partial charge in [-0.1, -0.05) is 40.2 Å². The minimum Gasteiger partial charge on any atom is -0.495 e. The molecule has 0 amide bonds. The Balaban J connectivity index is 2.62. The largest absolute Gasteiger partial charge is 0.495 e. The van der Waals surface area contributed by atoms with E-state index in [9.17, 15) is 18.0 Å². The van der Waals surface area contributed by atoms with E-state index in [0.29, 0.717) is 0 Å². The molecule has 2 aromatic carbocycles. The average Bonchev–Trinajstić information content (AvgIpc) is 2.66. The number of rotatable bonds is 7. The molecular weight excluding hydrogens is 424 g/mol. The number of methoxy groups -OCH3 is 2. The second kappa shape index (κ2) is 8.46. The summed E-state index contributed by atoms with van der Waals surface area (Å²) in [6.45, 7) is 0. The van der Waals surface area contributed by atoms with Gasteiger partial charge in [-0.3, -0.25) is 4.79 Å². The van der Waals surface area contributed by atoms with Crippen LogP contribution in [0.15, 0.2) is 47.4 Å². The van der Waals surface area contributed by atoms with Gasteiger partial charge in [-0.05, 0) is 23.8 Å². The van der Waals surface area contributed by atoms with Gasteiger partial charge in [0.15, 0.2) is 15.6 Å². The van der Waals surface area contributed by atoms with Crippen LogP contribution >= 0.6 is 15.9 Å². The number of Topliss-reactive ketones (excluding diaryl/α,β-unsaturated/α-hetero) is 1. The van der Waals surface area contributed by atoms with Crippen LogP contribution in [0.4, 0.5) is 0 Å². The summed E-state index contributed by atoms with van der Waals surface area (Å²) in [5.74, 6) is -1.50. The van der Waals surface area contributed by atoms with Crippen LogP contribution in [0.5, 0.6) is 5.75 Å². The van der Waals surface area contributed by atoms with Crippen molar-refractivity contribution in [3.05, 3.63) is 59.2 Å². The number of sulfone groups is 1. The standard InChI is InChI=1S/C18H17BrO6S/c1-24-17-14(15(20)10-19)9-8-12(16(17)18(21)25-2)11-26(22,23)13-6-4-3-5-7-13/h3-9H,10-11H2,1-2H3. The first-order valence-electron chi connectivity index (χ1n) is 7.50. The summed E-state index contributed by atoms with van der Waals surface area (Å²) in [7, 11) is -1.21. The SMILES string of the molecule is COC(=O)c1c(CS(=O)(=O)c2ccccc2)ccc(C(=O)CBr)c1OC. The van der Waals surface area contributed by atoms with Gasteiger partial charge in [0.25, 0.3) is 0 Å². The third-order valence-corrected chi connectivity index (χ3v) is 5.90.